The van der Waals surface area contributed by atoms with Gasteiger partial charge in [0, 0.05) is 13.0 Å². The van der Waals surface area contributed by atoms with Crippen molar-refractivity contribution in [3.05, 3.63) is 35.9 Å². The molecular formula is C20H29NO7S. The topological polar surface area (TPSA) is 103 Å². The molecule has 0 saturated heterocycles. The van der Waals surface area contributed by atoms with Crippen molar-refractivity contribution in [3.63, 3.8) is 0 Å². The summed E-state index contributed by atoms with van der Waals surface area (Å²) in [5.41, 5.74) is 0.802. The number of benzene rings is 1. The maximum atomic E-state index is 12.0. The number of unbranched alkanes of at least 4 members (excludes halogenated alkanes) is 2. The van der Waals surface area contributed by atoms with Crippen molar-refractivity contribution in [3.8, 4) is 11.5 Å². The Morgan fingerprint density at radius 2 is 2.03 bits per heavy atom. The molecule has 0 aliphatic heterocycles. The lowest BCUT2D eigenvalue weighted by atomic mass is 10.1. The SMILES string of the molecule is COc1cc(CNC(=O)CCCC/C=C/C(C)C)ccc1OC(=O)OCOSO. The Bertz CT molecular complexity index is 664. The van der Waals surface area contributed by atoms with E-state index >= 15 is 0 Å². The number of rotatable bonds is 13. The van der Waals surface area contributed by atoms with Gasteiger partial charge in [-0.3, -0.25) is 8.98 Å². The summed E-state index contributed by atoms with van der Waals surface area (Å²) in [6, 6.07) is 4.92. The van der Waals surface area contributed by atoms with Crippen molar-refractivity contribution in [1.82, 2.24) is 5.32 Å². The lowest BCUT2D eigenvalue weighted by Gasteiger charge is -2.11. The average Bonchev–Trinajstić information content (AvgIpc) is 2.69. The van der Waals surface area contributed by atoms with E-state index in [1.807, 2.05) is 0 Å². The van der Waals surface area contributed by atoms with Gasteiger partial charge in [-0.1, -0.05) is 32.1 Å². The van der Waals surface area contributed by atoms with Crippen LogP contribution in [-0.2, 0) is 20.3 Å². The van der Waals surface area contributed by atoms with Crippen LogP contribution in [0.4, 0.5) is 4.79 Å². The molecule has 0 unspecified atom stereocenters. The maximum Gasteiger partial charge on any atom is 0.516 e. The molecule has 0 heterocycles. The third kappa shape index (κ3) is 11.4. The Kier molecular flexibility index (Phi) is 12.6. The summed E-state index contributed by atoms with van der Waals surface area (Å²) in [5.74, 6) is 1.03. The molecule has 0 atom stereocenters. The van der Waals surface area contributed by atoms with Crippen LogP contribution in [0.1, 0.15) is 45.1 Å². The first-order valence-electron chi connectivity index (χ1n) is 9.34. The van der Waals surface area contributed by atoms with Crippen LogP contribution < -0.4 is 14.8 Å². The molecule has 2 N–H and O–H groups in total. The first-order valence-corrected chi connectivity index (χ1v) is 10.0. The molecule has 0 spiro atoms. The van der Waals surface area contributed by atoms with E-state index in [9.17, 15) is 9.59 Å². The van der Waals surface area contributed by atoms with Gasteiger partial charge in [0.2, 0.25) is 12.7 Å². The van der Waals surface area contributed by atoms with Crippen LogP contribution in [0.3, 0.4) is 0 Å². The number of hydrogen-bond donors (Lipinski definition) is 2. The molecule has 9 heteroatoms. The van der Waals surface area contributed by atoms with Crippen molar-refractivity contribution in [2.24, 2.45) is 5.92 Å². The summed E-state index contributed by atoms with van der Waals surface area (Å²) in [6.45, 7) is 4.16. The second-order valence-corrected chi connectivity index (χ2v) is 6.87. The van der Waals surface area contributed by atoms with Crippen LogP contribution in [0.2, 0.25) is 0 Å². The molecule has 0 saturated carbocycles. The Labute approximate surface area is 176 Å². The molecule has 29 heavy (non-hydrogen) atoms. The van der Waals surface area contributed by atoms with Crippen molar-refractivity contribution in [1.29, 1.82) is 0 Å². The molecule has 8 nitrogen and oxygen atoms in total. The fraction of sp³-hybridized carbons (Fsp3) is 0.500. The highest BCUT2D eigenvalue weighted by Crippen LogP contribution is 2.28. The molecule has 162 valence electrons. The maximum absolute atomic E-state index is 12.0. The van der Waals surface area contributed by atoms with Gasteiger partial charge in [0.1, 0.15) is 0 Å². The van der Waals surface area contributed by atoms with E-state index in [4.69, 9.17) is 14.0 Å². The van der Waals surface area contributed by atoms with E-state index in [2.05, 4.69) is 40.2 Å². The van der Waals surface area contributed by atoms with E-state index in [1.54, 1.807) is 18.2 Å². The number of hydrogen-bond acceptors (Lipinski definition) is 8. The predicted molar refractivity (Wildman–Crippen MR) is 111 cm³/mol. The molecule has 0 bridgehead atoms. The number of methoxy groups -OCH3 is 1. The Hall–Kier alpha value is -2.23. The molecule has 1 aromatic carbocycles. The van der Waals surface area contributed by atoms with Crippen LogP contribution >= 0.6 is 12.3 Å². The van der Waals surface area contributed by atoms with E-state index in [0.29, 0.717) is 24.6 Å². The second-order valence-electron chi connectivity index (χ2n) is 6.49. The van der Waals surface area contributed by atoms with Crippen molar-refractivity contribution < 1.29 is 32.5 Å². The molecule has 0 fully saturated rings. The summed E-state index contributed by atoms with van der Waals surface area (Å²) in [5, 5.41) is 2.87. The third-order valence-corrected chi connectivity index (χ3v) is 3.94. The predicted octanol–water partition coefficient (Wildman–Crippen LogP) is 4.69. The van der Waals surface area contributed by atoms with Gasteiger partial charge < -0.3 is 24.1 Å². The van der Waals surface area contributed by atoms with E-state index < -0.39 is 12.9 Å². The van der Waals surface area contributed by atoms with Crippen LogP contribution in [0.5, 0.6) is 11.5 Å². The Balaban J connectivity index is 2.40. The van der Waals surface area contributed by atoms with Gasteiger partial charge in [0.25, 0.3) is 0 Å². The molecule has 0 aromatic heterocycles. The van der Waals surface area contributed by atoms with Crippen LogP contribution in [0.25, 0.3) is 0 Å². The van der Waals surface area contributed by atoms with Gasteiger partial charge in [0.05, 0.1) is 7.11 Å². The quantitative estimate of drug-likeness (QED) is 0.117. The molecule has 1 aromatic rings. The van der Waals surface area contributed by atoms with Gasteiger partial charge in [0.15, 0.2) is 23.8 Å². The first kappa shape index (κ1) is 24.8. The van der Waals surface area contributed by atoms with Gasteiger partial charge in [-0.05, 0) is 42.9 Å². The Morgan fingerprint density at radius 1 is 1.24 bits per heavy atom. The number of ether oxygens (including phenoxy) is 3. The van der Waals surface area contributed by atoms with Gasteiger partial charge in [-0.15, -0.1) is 0 Å². The highest BCUT2D eigenvalue weighted by atomic mass is 32.2. The van der Waals surface area contributed by atoms with Crippen molar-refractivity contribution in [2.75, 3.05) is 13.9 Å². The lowest BCUT2D eigenvalue weighted by molar-refractivity contribution is -0.121. The summed E-state index contributed by atoms with van der Waals surface area (Å²) < 4.78 is 27.6. The number of allylic oxidation sites excluding steroid dienone is 2. The van der Waals surface area contributed by atoms with Crippen LogP contribution in [0.15, 0.2) is 30.4 Å². The van der Waals surface area contributed by atoms with Gasteiger partial charge in [-0.2, -0.15) is 0 Å². The normalized spacial score (nSPS) is 10.9. The number of carbonyl (C=O) groups is 2. The fourth-order valence-electron chi connectivity index (χ4n) is 2.32. The standard InChI is InChI=1S/C20H29NO7S/c1-15(2)8-6-4-5-7-9-19(22)21-13-16-10-11-17(18(12-16)25-3)28-20(23)26-14-27-29-24/h6,8,10-12,15,24H,4-5,7,9,13-14H2,1-3H3,(H,21,22)/b8-6+. The highest BCUT2D eigenvalue weighted by Gasteiger charge is 2.12. The van der Waals surface area contributed by atoms with Crippen LogP contribution in [0, 0.1) is 5.92 Å². The molecule has 1 rings (SSSR count). The summed E-state index contributed by atoms with van der Waals surface area (Å²) >= 11 is 0.0813. The third-order valence-electron chi connectivity index (χ3n) is 3.73. The number of carbonyl (C=O) groups excluding carboxylic acids is 2. The summed E-state index contributed by atoms with van der Waals surface area (Å²) in [4.78, 5) is 23.5. The van der Waals surface area contributed by atoms with Crippen LogP contribution in [-0.4, -0.2) is 30.5 Å². The largest absolute Gasteiger partial charge is 0.516 e. The molecular weight excluding hydrogens is 398 g/mol. The smallest absolute Gasteiger partial charge is 0.493 e. The summed E-state index contributed by atoms with van der Waals surface area (Å²) in [7, 11) is 1.44. The molecule has 0 aliphatic rings. The van der Waals surface area contributed by atoms with Crippen molar-refractivity contribution >= 4 is 24.4 Å². The van der Waals surface area contributed by atoms with Gasteiger partial charge >= 0.3 is 6.16 Å². The molecule has 0 radical (unpaired) electrons. The average molecular weight is 428 g/mol. The molecule has 1 amide bonds. The van der Waals surface area contributed by atoms with E-state index in [-0.39, 0.29) is 24.0 Å². The zero-order valence-corrected chi connectivity index (χ0v) is 17.8. The Morgan fingerprint density at radius 3 is 2.72 bits per heavy atom. The van der Waals surface area contributed by atoms with E-state index in [0.717, 1.165) is 24.8 Å². The lowest BCUT2D eigenvalue weighted by Crippen LogP contribution is -2.22. The molecule has 0 aliphatic carbocycles. The summed E-state index contributed by atoms with van der Waals surface area (Å²) in [6.07, 6.45) is 6.61. The van der Waals surface area contributed by atoms with Crippen molar-refractivity contribution in [2.45, 2.75) is 46.1 Å². The second kappa shape index (κ2) is 14.7. The number of nitrogens with one attached hydrogen (secondary N) is 1. The zero-order valence-electron chi connectivity index (χ0n) is 17.0. The zero-order chi connectivity index (χ0) is 21.5. The minimum absolute atomic E-state index is 0.0116. The first-order chi connectivity index (χ1) is 14.0. The number of amides is 1. The van der Waals surface area contributed by atoms with Gasteiger partial charge in [-0.25, -0.2) is 4.79 Å². The minimum atomic E-state index is -0.998. The minimum Gasteiger partial charge on any atom is -0.493 e. The fourth-order valence-corrected chi connectivity index (χ4v) is 2.42. The van der Waals surface area contributed by atoms with E-state index in [1.165, 1.54) is 7.11 Å². The highest BCUT2D eigenvalue weighted by molar-refractivity contribution is 7.88. The monoisotopic (exact) mass is 427 g/mol.